The molecule has 1 fully saturated rings. The largest absolute Gasteiger partial charge is 0.340 e. The van der Waals surface area contributed by atoms with Crippen LogP contribution in [0.1, 0.15) is 18.4 Å². The van der Waals surface area contributed by atoms with E-state index in [1.54, 1.807) is 36.3 Å². The zero-order valence-corrected chi connectivity index (χ0v) is 22.7. The molecule has 6 rings (SSSR count). The highest BCUT2D eigenvalue weighted by molar-refractivity contribution is 7.97. The summed E-state index contributed by atoms with van der Waals surface area (Å²) in [4.78, 5) is 14.5. The number of pyridine rings is 1. The van der Waals surface area contributed by atoms with E-state index in [0.717, 1.165) is 49.4 Å². The Hall–Kier alpha value is -4.05. The fourth-order valence-corrected chi connectivity index (χ4v) is 5.63. The van der Waals surface area contributed by atoms with Crippen LogP contribution in [0.2, 0.25) is 0 Å². The first-order chi connectivity index (χ1) is 19.7. The monoisotopic (exact) mass is 551 g/mol. The Morgan fingerprint density at radius 3 is 2.42 bits per heavy atom. The van der Waals surface area contributed by atoms with Crippen LogP contribution in [0.3, 0.4) is 0 Å². The van der Waals surface area contributed by atoms with Crippen LogP contribution >= 0.6 is 11.9 Å². The molecule has 7 nitrogen and oxygen atoms in total. The zero-order valence-electron chi connectivity index (χ0n) is 21.9. The molecule has 0 unspecified atom stereocenters. The maximum Gasteiger partial charge on any atom is 0.229 e. The lowest BCUT2D eigenvalue weighted by Crippen LogP contribution is -2.39. The van der Waals surface area contributed by atoms with Crippen molar-refractivity contribution in [3.8, 4) is 0 Å². The Bertz CT molecular complexity index is 1550. The second-order valence-corrected chi connectivity index (χ2v) is 10.9. The number of nitrogens with zero attached hydrogens (tertiary/aromatic N) is 4. The minimum Gasteiger partial charge on any atom is -0.340 e. The third-order valence-electron chi connectivity index (χ3n) is 6.84. The van der Waals surface area contributed by atoms with Crippen molar-refractivity contribution in [3.63, 3.8) is 0 Å². The standard InChI is InChI=1S/C31H30FN7S/c32-24-5-7-26(8-6-24)36-30-13-17-34-31(38-30)37-27-9-11-28(12-10-27)40-39-18-14-25(15-19-39)35-21-22-3-4-23-2-1-16-33-29(23)20-22/h1-13,16-17,20,25,35H,14-15,18-19,21H2,(H2,34,36,37,38). The fraction of sp³-hybridized carbons (Fsp3) is 0.194. The lowest BCUT2D eigenvalue weighted by Gasteiger charge is -2.31. The van der Waals surface area contributed by atoms with Gasteiger partial charge in [-0.1, -0.05) is 18.2 Å². The van der Waals surface area contributed by atoms with Gasteiger partial charge in [-0.25, -0.2) is 13.7 Å². The number of halogens is 1. The Kier molecular flexibility index (Phi) is 8.13. The fourth-order valence-electron chi connectivity index (χ4n) is 4.68. The van der Waals surface area contributed by atoms with Crippen LogP contribution < -0.4 is 16.0 Å². The third-order valence-corrected chi connectivity index (χ3v) is 7.94. The van der Waals surface area contributed by atoms with E-state index < -0.39 is 0 Å². The molecule has 0 amide bonds. The van der Waals surface area contributed by atoms with Crippen molar-refractivity contribution in [2.75, 3.05) is 23.7 Å². The summed E-state index contributed by atoms with van der Waals surface area (Å²) < 4.78 is 15.6. The zero-order chi connectivity index (χ0) is 27.1. The summed E-state index contributed by atoms with van der Waals surface area (Å²) in [5, 5.41) is 11.3. The molecule has 1 saturated heterocycles. The van der Waals surface area contributed by atoms with Crippen molar-refractivity contribution in [1.29, 1.82) is 0 Å². The summed E-state index contributed by atoms with van der Waals surface area (Å²) in [7, 11) is 0. The summed E-state index contributed by atoms with van der Waals surface area (Å²) in [6.45, 7) is 2.96. The van der Waals surface area contributed by atoms with Gasteiger partial charge in [0.25, 0.3) is 0 Å². The van der Waals surface area contributed by atoms with Crippen LogP contribution in [0, 0.1) is 5.82 Å². The molecule has 0 saturated carbocycles. The highest BCUT2D eigenvalue weighted by atomic mass is 32.2. The van der Waals surface area contributed by atoms with Gasteiger partial charge < -0.3 is 16.0 Å². The van der Waals surface area contributed by atoms with E-state index in [2.05, 4.69) is 71.6 Å². The average Bonchev–Trinajstić information content (AvgIpc) is 2.99. The number of benzene rings is 3. The number of hydrogen-bond donors (Lipinski definition) is 3. The summed E-state index contributed by atoms with van der Waals surface area (Å²) in [5.41, 5.74) is 4.00. The predicted octanol–water partition coefficient (Wildman–Crippen LogP) is 6.91. The highest BCUT2D eigenvalue weighted by Crippen LogP contribution is 2.28. The van der Waals surface area contributed by atoms with Gasteiger partial charge in [-0.3, -0.25) is 4.98 Å². The summed E-state index contributed by atoms with van der Waals surface area (Å²) in [5.74, 6) is 0.843. The van der Waals surface area contributed by atoms with Crippen molar-refractivity contribution >= 4 is 46.0 Å². The average molecular weight is 552 g/mol. The van der Waals surface area contributed by atoms with Gasteiger partial charge in [-0.05, 0) is 97.1 Å². The quantitative estimate of drug-likeness (QED) is 0.171. The molecule has 202 valence electrons. The van der Waals surface area contributed by atoms with E-state index in [1.807, 2.05) is 24.4 Å². The topological polar surface area (TPSA) is 78.0 Å². The van der Waals surface area contributed by atoms with E-state index in [1.165, 1.54) is 28.0 Å². The molecular weight excluding hydrogens is 521 g/mol. The maximum absolute atomic E-state index is 13.2. The van der Waals surface area contributed by atoms with Crippen LogP contribution in [0.15, 0.2) is 102 Å². The predicted molar refractivity (Wildman–Crippen MR) is 160 cm³/mol. The molecule has 3 aromatic carbocycles. The molecule has 5 aromatic rings. The SMILES string of the molecule is Fc1ccc(Nc2ccnc(Nc3ccc(SN4CCC(NCc5ccc6cccnc6c5)CC4)cc3)n2)cc1. The molecule has 0 radical (unpaired) electrons. The van der Waals surface area contributed by atoms with Gasteiger partial charge in [0, 0.05) is 59.7 Å². The molecule has 1 aliphatic heterocycles. The first kappa shape index (κ1) is 26.2. The Morgan fingerprint density at radius 2 is 1.60 bits per heavy atom. The lowest BCUT2D eigenvalue weighted by molar-refractivity contribution is 0.307. The van der Waals surface area contributed by atoms with Crippen LogP contribution in [0.25, 0.3) is 10.9 Å². The Balaban J connectivity index is 0.960. The molecule has 9 heteroatoms. The Labute approximate surface area is 237 Å². The number of piperidine rings is 1. The first-order valence-electron chi connectivity index (χ1n) is 13.4. The van der Waals surface area contributed by atoms with Gasteiger partial charge >= 0.3 is 0 Å². The van der Waals surface area contributed by atoms with E-state index in [-0.39, 0.29) is 5.82 Å². The molecule has 0 bridgehead atoms. The first-order valence-corrected chi connectivity index (χ1v) is 14.2. The summed E-state index contributed by atoms with van der Waals surface area (Å²) in [6, 6.07) is 27.4. The number of aromatic nitrogens is 3. The van der Waals surface area contributed by atoms with Gasteiger partial charge in [0.05, 0.1) is 5.52 Å². The molecular formula is C31H30FN7S. The van der Waals surface area contributed by atoms with Crippen LogP contribution in [0.4, 0.5) is 27.5 Å². The van der Waals surface area contributed by atoms with E-state index in [9.17, 15) is 4.39 Å². The molecule has 0 spiro atoms. The maximum atomic E-state index is 13.2. The van der Waals surface area contributed by atoms with Crippen LogP contribution in [-0.2, 0) is 6.54 Å². The van der Waals surface area contributed by atoms with Gasteiger partial charge in [-0.2, -0.15) is 4.98 Å². The Morgan fingerprint density at radius 1 is 0.825 bits per heavy atom. The van der Waals surface area contributed by atoms with Crippen molar-refractivity contribution in [2.45, 2.75) is 30.3 Å². The number of nitrogens with one attached hydrogen (secondary N) is 3. The second-order valence-electron chi connectivity index (χ2n) is 9.75. The van der Waals surface area contributed by atoms with Crippen LogP contribution in [-0.4, -0.2) is 38.4 Å². The van der Waals surface area contributed by atoms with Gasteiger partial charge in [-0.15, -0.1) is 0 Å². The molecule has 1 aliphatic rings. The van der Waals surface area contributed by atoms with Crippen LogP contribution in [0.5, 0.6) is 0 Å². The van der Waals surface area contributed by atoms with Gasteiger partial charge in [0.1, 0.15) is 11.6 Å². The minimum absolute atomic E-state index is 0.273. The van der Waals surface area contributed by atoms with Crippen molar-refractivity contribution in [1.82, 2.24) is 24.6 Å². The second kappa shape index (κ2) is 12.4. The van der Waals surface area contributed by atoms with Gasteiger partial charge in [0.2, 0.25) is 5.95 Å². The third kappa shape index (κ3) is 6.93. The smallest absolute Gasteiger partial charge is 0.229 e. The molecule has 3 N–H and O–H groups in total. The highest BCUT2D eigenvalue weighted by Gasteiger charge is 2.19. The molecule has 3 heterocycles. The normalized spacial score (nSPS) is 14.3. The number of fused-ring (bicyclic) bond motifs is 1. The van der Waals surface area contributed by atoms with E-state index in [0.29, 0.717) is 17.8 Å². The van der Waals surface area contributed by atoms with Gasteiger partial charge in [0.15, 0.2) is 0 Å². The van der Waals surface area contributed by atoms with Crippen molar-refractivity contribution in [2.24, 2.45) is 0 Å². The molecule has 0 atom stereocenters. The molecule has 0 aliphatic carbocycles. The number of hydrogen-bond acceptors (Lipinski definition) is 8. The summed E-state index contributed by atoms with van der Waals surface area (Å²) >= 11 is 1.80. The van der Waals surface area contributed by atoms with E-state index >= 15 is 0 Å². The number of anilines is 4. The molecule has 40 heavy (non-hydrogen) atoms. The minimum atomic E-state index is -0.273. The lowest BCUT2D eigenvalue weighted by atomic mass is 10.1. The number of rotatable bonds is 9. The summed E-state index contributed by atoms with van der Waals surface area (Å²) in [6.07, 6.45) is 5.78. The molecule has 2 aromatic heterocycles. The van der Waals surface area contributed by atoms with E-state index in [4.69, 9.17) is 0 Å². The van der Waals surface area contributed by atoms with Crippen molar-refractivity contribution < 1.29 is 4.39 Å². The van der Waals surface area contributed by atoms with Crippen molar-refractivity contribution in [3.05, 3.63) is 109 Å².